The fraction of sp³-hybridized carbons (Fsp3) is 0.333. The quantitative estimate of drug-likeness (QED) is 0.417. The van der Waals surface area contributed by atoms with Gasteiger partial charge < -0.3 is 14.9 Å². The largest absolute Gasteiger partial charge is 0.465 e. The molecule has 0 aliphatic heterocycles. The summed E-state index contributed by atoms with van der Waals surface area (Å²) in [7, 11) is 0. The number of benzene rings is 1. The first-order chi connectivity index (χ1) is 15.9. The van der Waals surface area contributed by atoms with Gasteiger partial charge in [0.25, 0.3) is 0 Å². The van der Waals surface area contributed by atoms with E-state index in [0.29, 0.717) is 34.9 Å². The van der Waals surface area contributed by atoms with Crippen molar-refractivity contribution in [2.45, 2.75) is 52.2 Å². The SMILES string of the molecule is Cc1c(-c2cc3cc(NC(=O)O)ncc3c(NC(=O)OC(C)(C)C)c2F)cnc2c1C(O)CC2. The Balaban J connectivity index is 1.91. The Hall–Kier alpha value is -3.79. The molecule has 4 N–H and O–H groups in total. The van der Waals surface area contributed by atoms with Crippen molar-refractivity contribution in [1.82, 2.24) is 9.97 Å². The van der Waals surface area contributed by atoms with Crippen LogP contribution in [0.5, 0.6) is 0 Å². The molecular formula is C24H25FN4O5. The van der Waals surface area contributed by atoms with Crippen molar-refractivity contribution in [2.75, 3.05) is 10.6 Å². The summed E-state index contributed by atoms with van der Waals surface area (Å²) < 4.78 is 21.2. The molecule has 1 aromatic carbocycles. The van der Waals surface area contributed by atoms with Crippen LogP contribution >= 0.6 is 0 Å². The molecule has 2 aromatic heterocycles. The summed E-state index contributed by atoms with van der Waals surface area (Å²) in [5.74, 6) is -0.684. The number of hydrogen-bond donors (Lipinski definition) is 4. The van der Waals surface area contributed by atoms with E-state index in [-0.39, 0.29) is 22.5 Å². The fourth-order valence-corrected chi connectivity index (χ4v) is 4.17. The van der Waals surface area contributed by atoms with Crippen molar-refractivity contribution in [3.05, 3.63) is 47.2 Å². The van der Waals surface area contributed by atoms with Gasteiger partial charge in [0.05, 0.1) is 11.8 Å². The lowest BCUT2D eigenvalue weighted by Crippen LogP contribution is -2.27. The predicted octanol–water partition coefficient (Wildman–Crippen LogP) is 5.16. The van der Waals surface area contributed by atoms with E-state index in [4.69, 9.17) is 9.84 Å². The van der Waals surface area contributed by atoms with Crippen LogP contribution in [0.15, 0.2) is 24.5 Å². The Kier molecular flexibility index (Phi) is 5.86. The molecule has 1 atom stereocenters. The highest BCUT2D eigenvalue weighted by Gasteiger charge is 2.27. The molecule has 0 spiro atoms. The number of nitrogens with zero attached hydrogens (tertiary/aromatic N) is 2. The number of pyridine rings is 2. The first-order valence-electron chi connectivity index (χ1n) is 10.7. The summed E-state index contributed by atoms with van der Waals surface area (Å²) in [6, 6.07) is 2.98. The van der Waals surface area contributed by atoms with Crippen LogP contribution in [0, 0.1) is 12.7 Å². The molecule has 0 bridgehead atoms. The van der Waals surface area contributed by atoms with E-state index >= 15 is 4.39 Å². The number of fused-ring (bicyclic) bond motifs is 2. The maximum Gasteiger partial charge on any atom is 0.412 e. The van der Waals surface area contributed by atoms with Gasteiger partial charge in [-0.3, -0.25) is 15.6 Å². The molecule has 178 valence electrons. The Labute approximate surface area is 195 Å². The third-order valence-electron chi connectivity index (χ3n) is 5.57. The lowest BCUT2D eigenvalue weighted by Gasteiger charge is -2.21. The molecule has 1 aliphatic carbocycles. The van der Waals surface area contributed by atoms with Crippen LogP contribution in [0.4, 0.5) is 25.5 Å². The summed E-state index contributed by atoms with van der Waals surface area (Å²) >= 11 is 0. The lowest BCUT2D eigenvalue weighted by molar-refractivity contribution is 0.0635. The highest BCUT2D eigenvalue weighted by Crippen LogP contribution is 2.41. The third kappa shape index (κ3) is 4.49. The van der Waals surface area contributed by atoms with E-state index in [9.17, 15) is 14.7 Å². The zero-order chi connectivity index (χ0) is 24.8. The zero-order valence-corrected chi connectivity index (χ0v) is 19.2. The van der Waals surface area contributed by atoms with E-state index in [0.717, 1.165) is 5.69 Å². The smallest absolute Gasteiger partial charge is 0.412 e. The Morgan fingerprint density at radius 1 is 1.15 bits per heavy atom. The van der Waals surface area contributed by atoms with Crippen molar-refractivity contribution in [1.29, 1.82) is 0 Å². The number of carbonyl (C=O) groups excluding carboxylic acids is 1. The number of aryl methyl sites for hydroxylation is 1. The van der Waals surface area contributed by atoms with Crippen LogP contribution < -0.4 is 10.6 Å². The maximum absolute atomic E-state index is 15.9. The van der Waals surface area contributed by atoms with Gasteiger partial charge in [0.2, 0.25) is 0 Å². The average molecular weight is 468 g/mol. The number of aliphatic hydroxyl groups excluding tert-OH is 1. The van der Waals surface area contributed by atoms with Crippen molar-refractivity contribution >= 4 is 34.5 Å². The molecule has 10 heteroatoms. The molecule has 0 saturated carbocycles. The van der Waals surface area contributed by atoms with Gasteiger partial charge in [-0.15, -0.1) is 0 Å². The van der Waals surface area contributed by atoms with Crippen LogP contribution in [0.2, 0.25) is 0 Å². The normalized spacial score (nSPS) is 15.2. The molecular weight excluding hydrogens is 443 g/mol. The molecule has 4 rings (SSSR count). The van der Waals surface area contributed by atoms with E-state index in [1.165, 1.54) is 18.3 Å². The van der Waals surface area contributed by atoms with Gasteiger partial charge in [-0.2, -0.15) is 0 Å². The molecule has 0 fully saturated rings. The van der Waals surface area contributed by atoms with E-state index in [1.54, 1.807) is 33.9 Å². The minimum absolute atomic E-state index is 0.0417. The first kappa shape index (κ1) is 23.4. The Bertz CT molecular complexity index is 1320. The lowest BCUT2D eigenvalue weighted by atomic mass is 9.94. The van der Waals surface area contributed by atoms with Crippen molar-refractivity contribution in [3.63, 3.8) is 0 Å². The maximum atomic E-state index is 15.9. The Morgan fingerprint density at radius 3 is 2.56 bits per heavy atom. The molecule has 0 radical (unpaired) electrons. The van der Waals surface area contributed by atoms with Gasteiger partial charge in [-0.05, 0) is 63.6 Å². The molecule has 2 amide bonds. The third-order valence-corrected chi connectivity index (χ3v) is 5.57. The second-order valence-electron chi connectivity index (χ2n) is 9.17. The molecule has 1 unspecified atom stereocenters. The standard InChI is InChI=1S/C24H25FN4O5/c1-11-14(9-26-16-5-6-17(30)19(11)16)13-7-12-8-18(28-22(31)32)27-10-15(12)21(20(13)25)29-23(33)34-24(2,3)4/h7-10,17,30H,5-6H2,1-4H3,(H,27,28)(H,29,33)(H,31,32). The summed E-state index contributed by atoms with van der Waals surface area (Å²) in [6.45, 7) is 6.86. The van der Waals surface area contributed by atoms with Crippen LogP contribution in [0.1, 0.15) is 50.1 Å². The van der Waals surface area contributed by atoms with Gasteiger partial charge >= 0.3 is 12.2 Å². The highest BCUT2D eigenvalue weighted by atomic mass is 19.1. The minimum Gasteiger partial charge on any atom is -0.465 e. The monoisotopic (exact) mass is 468 g/mol. The van der Waals surface area contributed by atoms with Gasteiger partial charge in [0.1, 0.15) is 11.4 Å². The van der Waals surface area contributed by atoms with Crippen LogP contribution in [-0.2, 0) is 11.2 Å². The molecule has 1 aliphatic rings. The number of anilines is 2. The summed E-state index contributed by atoms with van der Waals surface area (Å²) in [5, 5.41) is 24.8. The average Bonchev–Trinajstić information content (AvgIpc) is 3.10. The van der Waals surface area contributed by atoms with E-state index < -0.39 is 29.7 Å². The topological polar surface area (TPSA) is 134 Å². The minimum atomic E-state index is -1.30. The summed E-state index contributed by atoms with van der Waals surface area (Å²) in [4.78, 5) is 32.0. The van der Waals surface area contributed by atoms with Crippen LogP contribution in [0.3, 0.4) is 0 Å². The van der Waals surface area contributed by atoms with Crippen molar-refractivity contribution < 1.29 is 28.9 Å². The Morgan fingerprint density at radius 2 is 1.88 bits per heavy atom. The number of carboxylic acid groups (broad SMARTS) is 1. The number of carbonyl (C=O) groups is 2. The zero-order valence-electron chi connectivity index (χ0n) is 19.2. The number of rotatable bonds is 3. The summed E-state index contributed by atoms with van der Waals surface area (Å²) in [6.07, 6.45) is 1.18. The van der Waals surface area contributed by atoms with Gasteiger partial charge in [0.15, 0.2) is 5.82 Å². The van der Waals surface area contributed by atoms with Gasteiger partial charge in [0, 0.05) is 40.2 Å². The van der Waals surface area contributed by atoms with Crippen LogP contribution in [0.25, 0.3) is 21.9 Å². The van der Waals surface area contributed by atoms with Crippen LogP contribution in [-0.4, -0.2) is 38.0 Å². The molecule has 2 heterocycles. The van der Waals surface area contributed by atoms with Gasteiger partial charge in [-0.25, -0.2) is 19.0 Å². The molecule has 9 nitrogen and oxygen atoms in total. The number of halogens is 1. The summed E-state index contributed by atoms with van der Waals surface area (Å²) in [5.41, 5.74) is 1.78. The van der Waals surface area contributed by atoms with Gasteiger partial charge in [-0.1, -0.05) is 0 Å². The number of aromatic nitrogens is 2. The molecule has 3 aromatic rings. The molecule has 0 saturated heterocycles. The highest BCUT2D eigenvalue weighted by molar-refractivity contribution is 6.04. The van der Waals surface area contributed by atoms with Crippen molar-refractivity contribution in [2.24, 2.45) is 0 Å². The number of amides is 2. The molecule has 34 heavy (non-hydrogen) atoms. The number of hydrogen-bond acceptors (Lipinski definition) is 6. The first-order valence-corrected chi connectivity index (χ1v) is 10.7. The number of aliphatic hydroxyl groups is 1. The fourth-order valence-electron chi connectivity index (χ4n) is 4.17. The second kappa shape index (κ2) is 8.53. The van der Waals surface area contributed by atoms with E-state index in [1.807, 2.05) is 0 Å². The number of nitrogens with one attached hydrogen (secondary N) is 2. The number of ether oxygens (including phenoxy) is 1. The van der Waals surface area contributed by atoms with E-state index in [2.05, 4.69) is 20.6 Å². The predicted molar refractivity (Wildman–Crippen MR) is 124 cm³/mol. The second-order valence-corrected chi connectivity index (χ2v) is 9.17. The van der Waals surface area contributed by atoms with Crippen molar-refractivity contribution in [3.8, 4) is 11.1 Å².